The molecule has 21 heavy (non-hydrogen) atoms. The molecule has 1 aromatic carbocycles. The molecule has 0 aliphatic rings. The smallest absolute Gasteiger partial charge is 0.296 e. The molecule has 0 amide bonds. The molecule has 0 aliphatic carbocycles. The highest BCUT2D eigenvalue weighted by Gasteiger charge is 2.24. The van der Waals surface area contributed by atoms with Gasteiger partial charge in [-0.15, -0.1) is 0 Å². The van der Waals surface area contributed by atoms with Gasteiger partial charge in [0.05, 0.1) is 25.2 Å². The van der Waals surface area contributed by atoms with Crippen molar-refractivity contribution < 1.29 is 14.4 Å². The zero-order valence-corrected chi connectivity index (χ0v) is 12.9. The quantitative estimate of drug-likeness (QED) is 0.565. The van der Waals surface area contributed by atoms with Crippen molar-refractivity contribution in [3.63, 3.8) is 0 Å². The molecule has 7 heteroatoms. The Kier molecular flexibility index (Phi) is 5.78. The molecule has 0 spiro atoms. The lowest BCUT2D eigenvalue weighted by Gasteiger charge is -2.27. The normalized spacial score (nSPS) is 11.1. The van der Waals surface area contributed by atoms with E-state index in [-0.39, 0.29) is 5.69 Å². The van der Waals surface area contributed by atoms with Crippen LogP contribution in [0.4, 0.5) is 11.4 Å². The van der Waals surface area contributed by atoms with Gasteiger partial charge in [-0.05, 0) is 12.8 Å². The van der Waals surface area contributed by atoms with Gasteiger partial charge in [0.2, 0.25) is 0 Å². The number of methoxy groups -OCH3 is 2. The summed E-state index contributed by atoms with van der Waals surface area (Å²) >= 11 is 0. The second kappa shape index (κ2) is 7.12. The van der Waals surface area contributed by atoms with E-state index in [9.17, 15) is 10.1 Å². The summed E-state index contributed by atoms with van der Waals surface area (Å²) in [5.41, 5.74) is 6.11. The van der Waals surface area contributed by atoms with Crippen LogP contribution >= 0.6 is 0 Å². The molecule has 1 rings (SSSR count). The molecular weight excluding hydrogens is 274 g/mol. The number of nitrogens with two attached hydrogens (primary N) is 1. The molecule has 3 N–H and O–H groups in total. The van der Waals surface area contributed by atoms with Crippen LogP contribution in [-0.4, -0.2) is 31.2 Å². The van der Waals surface area contributed by atoms with Gasteiger partial charge < -0.3 is 20.5 Å². The van der Waals surface area contributed by atoms with Crippen molar-refractivity contribution in [3.8, 4) is 11.5 Å². The Bertz CT molecular complexity index is 501. The monoisotopic (exact) mass is 297 g/mol. The van der Waals surface area contributed by atoms with Gasteiger partial charge in [0.1, 0.15) is 5.69 Å². The van der Waals surface area contributed by atoms with Gasteiger partial charge in [0.15, 0.2) is 11.5 Å². The summed E-state index contributed by atoms with van der Waals surface area (Å²) in [6.07, 6.45) is 1.55. The van der Waals surface area contributed by atoms with E-state index in [2.05, 4.69) is 5.32 Å². The predicted molar refractivity (Wildman–Crippen MR) is 82.2 cm³/mol. The number of nitrogens with one attached hydrogen (secondary N) is 1. The van der Waals surface area contributed by atoms with E-state index < -0.39 is 10.5 Å². The maximum Gasteiger partial charge on any atom is 0.296 e. The zero-order chi connectivity index (χ0) is 16.0. The molecule has 0 aliphatic heterocycles. The second-order valence-corrected chi connectivity index (χ2v) is 4.90. The standard InChI is InChI=1S/C14H23N3O4/c1-5-14(15,6-2)9-16-10-7-12(20-3)13(21-4)8-11(10)17(18)19/h7-8,16H,5-6,9,15H2,1-4H3. The summed E-state index contributed by atoms with van der Waals surface area (Å²) in [5.74, 6) is 0.751. The molecule has 1 aromatic rings. The minimum absolute atomic E-state index is 0.0674. The second-order valence-electron chi connectivity index (χ2n) is 4.90. The van der Waals surface area contributed by atoms with E-state index in [4.69, 9.17) is 15.2 Å². The largest absolute Gasteiger partial charge is 0.493 e. The SMILES string of the molecule is CCC(N)(CC)CNc1cc(OC)c(OC)cc1[N+](=O)[O-]. The Balaban J connectivity index is 3.12. The number of nitro benzene ring substituents is 1. The van der Waals surface area contributed by atoms with Gasteiger partial charge in [-0.1, -0.05) is 13.8 Å². The first-order chi connectivity index (χ1) is 9.90. The average molecular weight is 297 g/mol. The predicted octanol–water partition coefficient (Wildman–Crippen LogP) is 2.54. The molecular formula is C14H23N3O4. The van der Waals surface area contributed by atoms with Gasteiger partial charge in [0, 0.05) is 18.2 Å². The third kappa shape index (κ3) is 3.98. The Morgan fingerprint density at radius 2 is 1.76 bits per heavy atom. The van der Waals surface area contributed by atoms with Crippen LogP contribution in [0, 0.1) is 10.1 Å². The summed E-state index contributed by atoms with van der Waals surface area (Å²) < 4.78 is 10.3. The van der Waals surface area contributed by atoms with Crippen LogP contribution in [0.3, 0.4) is 0 Å². The minimum atomic E-state index is -0.458. The lowest BCUT2D eigenvalue weighted by Crippen LogP contribution is -2.45. The van der Waals surface area contributed by atoms with Gasteiger partial charge in [0.25, 0.3) is 5.69 Å². The summed E-state index contributed by atoms with van der Waals surface area (Å²) in [4.78, 5) is 10.7. The van der Waals surface area contributed by atoms with Gasteiger partial charge in [-0.25, -0.2) is 0 Å². The first kappa shape index (κ1) is 17.0. The Morgan fingerprint density at radius 3 is 2.19 bits per heavy atom. The van der Waals surface area contributed by atoms with Crippen molar-refractivity contribution in [2.75, 3.05) is 26.1 Å². The van der Waals surface area contributed by atoms with Crippen LogP contribution in [0.1, 0.15) is 26.7 Å². The molecule has 0 atom stereocenters. The number of nitro groups is 1. The maximum absolute atomic E-state index is 11.2. The summed E-state index contributed by atoms with van der Waals surface area (Å²) in [6.45, 7) is 4.43. The van der Waals surface area contributed by atoms with E-state index in [1.165, 1.54) is 20.3 Å². The van der Waals surface area contributed by atoms with E-state index in [0.717, 1.165) is 12.8 Å². The third-order valence-electron chi connectivity index (χ3n) is 3.74. The topological polar surface area (TPSA) is 99.7 Å². The van der Waals surface area contributed by atoms with Crippen molar-refractivity contribution in [3.05, 3.63) is 22.2 Å². The van der Waals surface area contributed by atoms with Crippen LogP contribution in [0.5, 0.6) is 11.5 Å². The molecule has 0 radical (unpaired) electrons. The highest BCUT2D eigenvalue weighted by molar-refractivity contribution is 5.68. The fourth-order valence-electron chi connectivity index (χ4n) is 1.93. The van der Waals surface area contributed by atoms with Crippen LogP contribution in [0.15, 0.2) is 12.1 Å². The Hall–Kier alpha value is -2.02. The highest BCUT2D eigenvalue weighted by Crippen LogP contribution is 2.37. The first-order valence-electron chi connectivity index (χ1n) is 6.84. The molecule has 7 nitrogen and oxygen atoms in total. The van der Waals surface area contributed by atoms with Crippen LogP contribution in [-0.2, 0) is 0 Å². The van der Waals surface area contributed by atoms with Crippen molar-refractivity contribution in [2.45, 2.75) is 32.2 Å². The van der Waals surface area contributed by atoms with Crippen LogP contribution < -0.4 is 20.5 Å². The van der Waals surface area contributed by atoms with Crippen molar-refractivity contribution >= 4 is 11.4 Å². The lowest BCUT2D eigenvalue weighted by atomic mass is 9.94. The van der Waals surface area contributed by atoms with Gasteiger partial charge in [-0.2, -0.15) is 0 Å². The van der Waals surface area contributed by atoms with Crippen LogP contribution in [0.2, 0.25) is 0 Å². The van der Waals surface area contributed by atoms with Gasteiger partial charge >= 0.3 is 0 Å². The number of rotatable bonds is 8. The highest BCUT2D eigenvalue weighted by atomic mass is 16.6. The molecule has 0 saturated heterocycles. The number of benzene rings is 1. The molecule has 0 bridgehead atoms. The van der Waals surface area contributed by atoms with Crippen molar-refractivity contribution in [1.82, 2.24) is 0 Å². The lowest BCUT2D eigenvalue weighted by molar-refractivity contribution is -0.384. The summed E-state index contributed by atoms with van der Waals surface area (Å²) in [5, 5.41) is 14.3. The minimum Gasteiger partial charge on any atom is -0.493 e. The first-order valence-corrected chi connectivity index (χ1v) is 6.84. The Labute approximate surface area is 124 Å². The van der Waals surface area contributed by atoms with E-state index in [1.807, 2.05) is 13.8 Å². The summed E-state index contributed by atoms with van der Waals surface area (Å²) in [7, 11) is 2.92. The van der Waals surface area contributed by atoms with Crippen molar-refractivity contribution in [2.24, 2.45) is 5.73 Å². The van der Waals surface area contributed by atoms with E-state index >= 15 is 0 Å². The van der Waals surface area contributed by atoms with Gasteiger partial charge in [-0.3, -0.25) is 10.1 Å². The molecule has 0 fully saturated rings. The third-order valence-corrected chi connectivity index (χ3v) is 3.74. The fourth-order valence-corrected chi connectivity index (χ4v) is 1.93. The zero-order valence-electron chi connectivity index (χ0n) is 12.9. The number of nitrogens with zero attached hydrogens (tertiary/aromatic N) is 1. The number of hydrogen-bond donors (Lipinski definition) is 2. The average Bonchev–Trinajstić information content (AvgIpc) is 2.51. The van der Waals surface area contributed by atoms with E-state index in [0.29, 0.717) is 23.7 Å². The summed E-state index contributed by atoms with van der Waals surface area (Å²) in [6, 6.07) is 2.90. The van der Waals surface area contributed by atoms with Crippen molar-refractivity contribution in [1.29, 1.82) is 0 Å². The van der Waals surface area contributed by atoms with Crippen LogP contribution in [0.25, 0.3) is 0 Å². The fraction of sp³-hybridized carbons (Fsp3) is 0.571. The van der Waals surface area contributed by atoms with E-state index in [1.54, 1.807) is 6.07 Å². The molecule has 0 heterocycles. The number of anilines is 1. The molecule has 0 unspecified atom stereocenters. The molecule has 0 aromatic heterocycles. The Morgan fingerprint density at radius 1 is 1.24 bits per heavy atom. The maximum atomic E-state index is 11.2. The number of hydrogen-bond acceptors (Lipinski definition) is 6. The number of ether oxygens (including phenoxy) is 2. The molecule has 118 valence electrons. The molecule has 0 saturated carbocycles.